The summed E-state index contributed by atoms with van der Waals surface area (Å²) in [6.07, 6.45) is 2.76. The summed E-state index contributed by atoms with van der Waals surface area (Å²) in [5.74, 6) is 0.469. The molecular formula is C11H5Cl3N6O. The molecule has 0 aliphatic carbocycles. The lowest BCUT2D eigenvalue weighted by molar-refractivity contribution is 0.437. The zero-order chi connectivity index (χ0) is 14.8. The number of hydrogen-bond acceptors (Lipinski definition) is 6. The van der Waals surface area contributed by atoms with E-state index in [1.165, 1.54) is 17.3 Å². The number of nitrogens with zero attached hydrogens (tertiary/aromatic N) is 6. The molecule has 0 aliphatic heterocycles. The molecule has 0 bridgehead atoms. The minimum atomic E-state index is -0.0522. The topological polar surface area (TPSA) is 78.6 Å². The van der Waals surface area contributed by atoms with E-state index >= 15 is 0 Å². The highest BCUT2D eigenvalue weighted by Crippen LogP contribution is 2.33. The molecule has 0 saturated heterocycles. The van der Waals surface area contributed by atoms with E-state index in [1.807, 2.05) is 0 Å². The number of rotatable bonds is 3. The highest BCUT2D eigenvalue weighted by molar-refractivity contribution is 6.42. The largest absolute Gasteiger partial charge is 0.422 e. The van der Waals surface area contributed by atoms with Crippen molar-refractivity contribution in [2.75, 3.05) is 0 Å². The maximum absolute atomic E-state index is 6.03. The van der Waals surface area contributed by atoms with Crippen LogP contribution in [0.25, 0.3) is 5.95 Å². The fourth-order valence-corrected chi connectivity index (χ4v) is 1.92. The Bertz CT molecular complexity index is 780. The molecule has 3 aromatic rings. The third-order valence-electron chi connectivity index (χ3n) is 2.32. The Kier molecular flexibility index (Phi) is 3.87. The quantitative estimate of drug-likeness (QED) is 0.726. The Labute approximate surface area is 133 Å². The minimum absolute atomic E-state index is 0.0373. The molecule has 0 amide bonds. The molecule has 0 aliphatic rings. The Balaban J connectivity index is 1.98. The van der Waals surface area contributed by atoms with Crippen LogP contribution < -0.4 is 4.74 Å². The van der Waals surface area contributed by atoms with Gasteiger partial charge in [-0.15, -0.1) is 0 Å². The highest BCUT2D eigenvalue weighted by Gasteiger charge is 2.12. The Hall–Kier alpha value is -1.96. The first-order valence-corrected chi connectivity index (χ1v) is 6.65. The van der Waals surface area contributed by atoms with Crippen LogP contribution >= 0.6 is 34.8 Å². The van der Waals surface area contributed by atoms with Gasteiger partial charge in [0.25, 0.3) is 5.95 Å². The van der Waals surface area contributed by atoms with Crippen LogP contribution in [0.15, 0.2) is 30.9 Å². The van der Waals surface area contributed by atoms with Gasteiger partial charge in [0.1, 0.15) is 17.7 Å². The lowest BCUT2D eigenvalue weighted by Gasteiger charge is -2.07. The molecule has 0 saturated carbocycles. The van der Waals surface area contributed by atoms with Crippen LogP contribution in [-0.2, 0) is 0 Å². The van der Waals surface area contributed by atoms with Crippen LogP contribution in [-0.4, -0.2) is 29.7 Å². The molecule has 0 radical (unpaired) electrons. The average molecular weight is 344 g/mol. The normalized spacial score (nSPS) is 10.6. The van der Waals surface area contributed by atoms with Gasteiger partial charge in [-0.25, -0.2) is 4.98 Å². The maximum Gasteiger partial charge on any atom is 0.328 e. The molecular weight excluding hydrogens is 339 g/mol. The van der Waals surface area contributed by atoms with E-state index in [9.17, 15) is 0 Å². The van der Waals surface area contributed by atoms with Crippen molar-refractivity contribution in [2.24, 2.45) is 0 Å². The number of halogens is 3. The molecule has 0 N–H and O–H groups in total. The second kappa shape index (κ2) is 5.80. The Morgan fingerprint density at radius 1 is 1.05 bits per heavy atom. The maximum atomic E-state index is 6.03. The predicted molar refractivity (Wildman–Crippen MR) is 76.3 cm³/mol. The van der Waals surface area contributed by atoms with Crippen molar-refractivity contribution in [3.05, 3.63) is 46.2 Å². The Morgan fingerprint density at radius 3 is 2.67 bits per heavy atom. The lowest BCUT2D eigenvalue weighted by atomic mass is 10.3. The molecule has 106 valence electrons. The van der Waals surface area contributed by atoms with Crippen molar-refractivity contribution in [1.82, 2.24) is 29.7 Å². The summed E-state index contributed by atoms with van der Waals surface area (Å²) in [4.78, 5) is 15.7. The van der Waals surface area contributed by atoms with Crippen LogP contribution in [0, 0.1) is 0 Å². The number of aromatic nitrogens is 6. The van der Waals surface area contributed by atoms with Crippen molar-refractivity contribution in [2.45, 2.75) is 0 Å². The SMILES string of the molecule is Clc1nc(Oc2cccc(Cl)c2Cl)nc(-n2cncn2)n1. The van der Waals surface area contributed by atoms with Gasteiger partial charge in [-0.05, 0) is 23.7 Å². The molecule has 2 aromatic heterocycles. The molecule has 0 atom stereocenters. The van der Waals surface area contributed by atoms with E-state index in [4.69, 9.17) is 39.5 Å². The first kappa shape index (κ1) is 14.0. The van der Waals surface area contributed by atoms with Gasteiger partial charge in [0, 0.05) is 0 Å². The van der Waals surface area contributed by atoms with Gasteiger partial charge in [-0.3, -0.25) is 0 Å². The van der Waals surface area contributed by atoms with E-state index in [2.05, 4.69) is 25.0 Å². The van der Waals surface area contributed by atoms with Crippen LogP contribution in [0.5, 0.6) is 11.8 Å². The average Bonchev–Trinajstić information content (AvgIpc) is 2.97. The van der Waals surface area contributed by atoms with Gasteiger partial charge >= 0.3 is 6.01 Å². The summed E-state index contributed by atoms with van der Waals surface area (Å²) >= 11 is 17.8. The second-order valence-electron chi connectivity index (χ2n) is 3.68. The van der Waals surface area contributed by atoms with Gasteiger partial charge in [0.05, 0.1) is 5.02 Å². The van der Waals surface area contributed by atoms with Gasteiger partial charge in [0.15, 0.2) is 5.75 Å². The second-order valence-corrected chi connectivity index (χ2v) is 4.80. The molecule has 7 nitrogen and oxygen atoms in total. The molecule has 0 spiro atoms. The first-order valence-electron chi connectivity index (χ1n) is 5.52. The first-order chi connectivity index (χ1) is 10.1. The molecule has 2 heterocycles. The number of benzene rings is 1. The third kappa shape index (κ3) is 3.05. The fourth-order valence-electron chi connectivity index (χ4n) is 1.44. The van der Waals surface area contributed by atoms with E-state index in [-0.39, 0.29) is 22.3 Å². The Morgan fingerprint density at radius 2 is 1.90 bits per heavy atom. The fraction of sp³-hybridized carbons (Fsp3) is 0. The van der Waals surface area contributed by atoms with Crippen molar-refractivity contribution < 1.29 is 4.74 Å². The van der Waals surface area contributed by atoms with Crippen LogP contribution in [0.4, 0.5) is 0 Å². The molecule has 21 heavy (non-hydrogen) atoms. The predicted octanol–water partition coefficient (Wildman–Crippen LogP) is 3.20. The van der Waals surface area contributed by atoms with Crippen LogP contribution in [0.3, 0.4) is 0 Å². The molecule has 3 rings (SSSR count). The summed E-state index contributed by atoms with van der Waals surface area (Å²) < 4.78 is 6.80. The summed E-state index contributed by atoms with van der Waals surface area (Å²) in [7, 11) is 0. The van der Waals surface area contributed by atoms with Gasteiger partial charge in [0.2, 0.25) is 5.28 Å². The number of hydrogen-bond donors (Lipinski definition) is 0. The van der Waals surface area contributed by atoms with Crippen molar-refractivity contribution in [3.8, 4) is 17.7 Å². The van der Waals surface area contributed by atoms with Crippen LogP contribution in [0.2, 0.25) is 15.3 Å². The summed E-state index contributed by atoms with van der Waals surface area (Å²) in [6, 6.07) is 4.91. The zero-order valence-corrected chi connectivity index (χ0v) is 12.4. The van der Waals surface area contributed by atoms with E-state index < -0.39 is 0 Å². The summed E-state index contributed by atoms with van der Waals surface area (Å²) in [5.41, 5.74) is 0. The van der Waals surface area contributed by atoms with Gasteiger partial charge in [-0.1, -0.05) is 29.3 Å². The van der Waals surface area contributed by atoms with E-state index in [0.29, 0.717) is 10.8 Å². The monoisotopic (exact) mass is 342 g/mol. The van der Waals surface area contributed by atoms with E-state index in [1.54, 1.807) is 18.2 Å². The van der Waals surface area contributed by atoms with Gasteiger partial charge < -0.3 is 4.74 Å². The van der Waals surface area contributed by atoms with Crippen molar-refractivity contribution in [3.63, 3.8) is 0 Å². The molecule has 0 fully saturated rings. The standard InChI is InChI=1S/C11H5Cl3N6O/c12-6-2-1-3-7(8(6)13)21-11-18-9(14)17-10(19-11)20-5-15-4-16-20/h1-5H. The molecule has 0 unspecified atom stereocenters. The highest BCUT2D eigenvalue weighted by atomic mass is 35.5. The zero-order valence-electron chi connectivity index (χ0n) is 10.1. The third-order valence-corrected chi connectivity index (χ3v) is 3.29. The van der Waals surface area contributed by atoms with Crippen molar-refractivity contribution in [1.29, 1.82) is 0 Å². The minimum Gasteiger partial charge on any atom is -0.422 e. The van der Waals surface area contributed by atoms with Crippen LogP contribution in [0.1, 0.15) is 0 Å². The smallest absolute Gasteiger partial charge is 0.328 e. The van der Waals surface area contributed by atoms with Gasteiger partial charge in [-0.2, -0.15) is 24.7 Å². The summed E-state index contributed by atoms with van der Waals surface area (Å²) in [5, 5.41) is 4.45. The van der Waals surface area contributed by atoms with Crippen molar-refractivity contribution >= 4 is 34.8 Å². The molecule has 10 heteroatoms. The van der Waals surface area contributed by atoms with E-state index in [0.717, 1.165) is 0 Å². The lowest BCUT2D eigenvalue weighted by Crippen LogP contribution is -2.05. The molecule has 1 aromatic carbocycles. The number of ether oxygens (including phenoxy) is 1. The summed E-state index contributed by atoms with van der Waals surface area (Å²) in [6.45, 7) is 0.